The third kappa shape index (κ3) is 1.62. The van der Waals surface area contributed by atoms with Crippen LogP contribution in [0.4, 0.5) is 0 Å². The van der Waals surface area contributed by atoms with E-state index in [1.165, 1.54) is 6.20 Å². The van der Waals surface area contributed by atoms with Crippen molar-refractivity contribution in [2.24, 2.45) is 5.73 Å². The van der Waals surface area contributed by atoms with Crippen molar-refractivity contribution in [3.63, 3.8) is 0 Å². The number of aryl methyl sites for hydroxylation is 1. The Hall–Kier alpha value is -1.23. The minimum atomic E-state index is -0.287. The van der Waals surface area contributed by atoms with Gasteiger partial charge in [0.15, 0.2) is 0 Å². The zero-order valence-corrected chi connectivity index (χ0v) is 6.73. The second-order valence-corrected chi connectivity index (χ2v) is 2.52. The van der Waals surface area contributed by atoms with Crippen LogP contribution in [0.3, 0.4) is 0 Å². The molecule has 11 heavy (non-hydrogen) atoms. The normalized spacial score (nSPS) is 9.55. The fourth-order valence-electron chi connectivity index (χ4n) is 0.659. The predicted molar refractivity (Wildman–Crippen MR) is 45.5 cm³/mol. The van der Waals surface area contributed by atoms with Crippen LogP contribution < -0.4 is 11.3 Å². The van der Waals surface area contributed by atoms with Gasteiger partial charge in [-0.05, 0) is 6.92 Å². The number of hydrogen-bond donors (Lipinski definition) is 2. The first-order valence-corrected chi connectivity index (χ1v) is 3.38. The predicted octanol–water partition coefficient (Wildman–Crippen LogP) is -0.287. The van der Waals surface area contributed by atoms with Gasteiger partial charge in [-0.15, -0.1) is 0 Å². The van der Waals surface area contributed by atoms with E-state index in [1.807, 2.05) is 0 Å². The standard InChI is InChI=1S/C6H7N3OS/c1-3-8-2-4(5(7)11)6(10)9-3/h2H,1H3,(H2,7,11)(H,8,9,10). The quantitative estimate of drug-likeness (QED) is 0.567. The van der Waals surface area contributed by atoms with E-state index in [1.54, 1.807) is 6.92 Å². The molecule has 0 aliphatic rings. The SMILES string of the molecule is Cc1ncc(C(N)=S)c(=O)[nH]1. The maximum absolute atomic E-state index is 11.0. The van der Waals surface area contributed by atoms with Crippen LogP contribution in [0, 0.1) is 6.92 Å². The summed E-state index contributed by atoms with van der Waals surface area (Å²) in [5, 5.41) is 0. The van der Waals surface area contributed by atoms with Crippen LogP contribution >= 0.6 is 12.2 Å². The molecule has 0 saturated carbocycles. The van der Waals surface area contributed by atoms with E-state index in [2.05, 4.69) is 22.2 Å². The molecule has 1 aromatic rings. The monoisotopic (exact) mass is 169 g/mol. The van der Waals surface area contributed by atoms with E-state index >= 15 is 0 Å². The number of aromatic amines is 1. The Morgan fingerprint density at radius 3 is 2.91 bits per heavy atom. The molecule has 0 saturated heterocycles. The van der Waals surface area contributed by atoms with E-state index in [9.17, 15) is 4.79 Å². The molecule has 5 heteroatoms. The smallest absolute Gasteiger partial charge is 0.261 e. The lowest BCUT2D eigenvalue weighted by molar-refractivity contribution is 1.01. The van der Waals surface area contributed by atoms with Gasteiger partial charge in [0.25, 0.3) is 5.56 Å². The third-order valence-corrected chi connectivity index (χ3v) is 1.41. The molecule has 4 nitrogen and oxygen atoms in total. The van der Waals surface area contributed by atoms with Crippen LogP contribution in [0.5, 0.6) is 0 Å². The maximum Gasteiger partial charge on any atom is 0.261 e. The van der Waals surface area contributed by atoms with Gasteiger partial charge in [0.2, 0.25) is 0 Å². The van der Waals surface area contributed by atoms with Crippen LogP contribution in [0.2, 0.25) is 0 Å². The Labute approximate surface area is 68.5 Å². The number of thiocarbonyl (C=S) groups is 1. The fourth-order valence-corrected chi connectivity index (χ4v) is 0.805. The highest BCUT2D eigenvalue weighted by Gasteiger charge is 2.01. The van der Waals surface area contributed by atoms with Gasteiger partial charge in [0.05, 0.1) is 5.56 Å². The van der Waals surface area contributed by atoms with E-state index in [4.69, 9.17) is 5.73 Å². The topological polar surface area (TPSA) is 71.8 Å². The van der Waals surface area contributed by atoms with Crippen molar-refractivity contribution < 1.29 is 0 Å². The fraction of sp³-hybridized carbons (Fsp3) is 0.167. The number of nitrogens with two attached hydrogens (primary N) is 1. The van der Waals surface area contributed by atoms with Gasteiger partial charge < -0.3 is 10.7 Å². The van der Waals surface area contributed by atoms with Crippen molar-refractivity contribution in [1.29, 1.82) is 0 Å². The van der Waals surface area contributed by atoms with Gasteiger partial charge in [-0.3, -0.25) is 4.79 Å². The Kier molecular flexibility index (Phi) is 2.00. The number of nitrogens with zero attached hydrogens (tertiary/aromatic N) is 1. The number of nitrogens with one attached hydrogen (secondary N) is 1. The van der Waals surface area contributed by atoms with E-state index < -0.39 is 0 Å². The largest absolute Gasteiger partial charge is 0.389 e. The van der Waals surface area contributed by atoms with Gasteiger partial charge in [0.1, 0.15) is 10.8 Å². The second kappa shape index (κ2) is 2.79. The lowest BCUT2D eigenvalue weighted by atomic mass is 10.3. The number of rotatable bonds is 1. The van der Waals surface area contributed by atoms with Crippen molar-refractivity contribution in [3.8, 4) is 0 Å². The summed E-state index contributed by atoms with van der Waals surface area (Å²) in [4.78, 5) is 17.4. The van der Waals surface area contributed by atoms with Crippen LogP contribution in [-0.2, 0) is 0 Å². The molecule has 0 amide bonds. The molecular weight excluding hydrogens is 162 g/mol. The van der Waals surface area contributed by atoms with Gasteiger partial charge in [-0.2, -0.15) is 0 Å². The number of aromatic nitrogens is 2. The summed E-state index contributed by atoms with van der Waals surface area (Å²) in [6.45, 7) is 1.69. The van der Waals surface area contributed by atoms with Gasteiger partial charge >= 0.3 is 0 Å². The van der Waals surface area contributed by atoms with Crippen LogP contribution in [-0.4, -0.2) is 15.0 Å². The molecule has 1 heterocycles. The highest BCUT2D eigenvalue weighted by atomic mass is 32.1. The zero-order chi connectivity index (χ0) is 8.43. The van der Waals surface area contributed by atoms with Gasteiger partial charge in [-0.25, -0.2) is 4.98 Å². The Balaban J connectivity index is 3.32. The molecule has 0 aliphatic heterocycles. The molecule has 58 valence electrons. The molecule has 0 aromatic carbocycles. The lowest BCUT2D eigenvalue weighted by Crippen LogP contribution is -2.23. The van der Waals surface area contributed by atoms with Crippen LogP contribution in [0.25, 0.3) is 0 Å². The first kappa shape index (κ1) is 7.87. The minimum absolute atomic E-state index is 0.0683. The van der Waals surface area contributed by atoms with Crippen molar-refractivity contribution >= 4 is 17.2 Å². The van der Waals surface area contributed by atoms with Gasteiger partial charge in [0, 0.05) is 6.20 Å². The van der Waals surface area contributed by atoms with Crippen molar-refractivity contribution in [2.45, 2.75) is 6.92 Å². The molecule has 3 N–H and O–H groups in total. The molecule has 0 unspecified atom stereocenters. The summed E-state index contributed by atoms with van der Waals surface area (Å²) in [6.07, 6.45) is 1.37. The molecule has 0 bridgehead atoms. The lowest BCUT2D eigenvalue weighted by Gasteiger charge is -1.95. The van der Waals surface area contributed by atoms with Crippen LogP contribution in [0.1, 0.15) is 11.4 Å². The first-order chi connectivity index (χ1) is 5.11. The molecule has 0 radical (unpaired) electrons. The average Bonchev–Trinajstić information content (AvgIpc) is 1.85. The molecule has 0 atom stereocenters. The molecule has 0 fully saturated rings. The second-order valence-electron chi connectivity index (χ2n) is 2.08. The minimum Gasteiger partial charge on any atom is -0.389 e. The van der Waals surface area contributed by atoms with E-state index in [-0.39, 0.29) is 16.1 Å². The van der Waals surface area contributed by atoms with Crippen molar-refractivity contribution in [1.82, 2.24) is 9.97 Å². The van der Waals surface area contributed by atoms with Crippen molar-refractivity contribution in [2.75, 3.05) is 0 Å². The first-order valence-electron chi connectivity index (χ1n) is 2.97. The molecular formula is C6H7N3OS. The van der Waals surface area contributed by atoms with Crippen molar-refractivity contribution in [3.05, 3.63) is 27.9 Å². The molecule has 0 spiro atoms. The molecule has 0 aliphatic carbocycles. The Morgan fingerprint density at radius 1 is 1.82 bits per heavy atom. The van der Waals surface area contributed by atoms with E-state index in [0.717, 1.165) is 0 Å². The summed E-state index contributed by atoms with van der Waals surface area (Å²) in [6, 6.07) is 0. The van der Waals surface area contributed by atoms with E-state index in [0.29, 0.717) is 5.82 Å². The summed E-state index contributed by atoms with van der Waals surface area (Å²) in [7, 11) is 0. The number of H-pyrrole nitrogens is 1. The summed E-state index contributed by atoms with van der Waals surface area (Å²) < 4.78 is 0. The summed E-state index contributed by atoms with van der Waals surface area (Å²) in [5.41, 5.74) is 5.20. The molecule has 1 aromatic heterocycles. The average molecular weight is 169 g/mol. The number of hydrogen-bond acceptors (Lipinski definition) is 3. The van der Waals surface area contributed by atoms with Crippen LogP contribution in [0.15, 0.2) is 11.0 Å². The molecule has 1 rings (SSSR count). The highest BCUT2D eigenvalue weighted by Crippen LogP contribution is 1.87. The zero-order valence-electron chi connectivity index (χ0n) is 5.92. The summed E-state index contributed by atoms with van der Waals surface area (Å²) >= 11 is 4.61. The Morgan fingerprint density at radius 2 is 2.45 bits per heavy atom. The maximum atomic E-state index is 11.0. The highest BCUT2D eigenvalue weighted by molar-refractivity contribution is 7.80. The Bertz CT molecular complexity index is 344. The third-order valence-electron chi connectivity index (χ3n) is 1.19. The van der Waals surface area contributed by atoms with Gasteiger partial charge in [-0.1, -0.05) is 12.2 Å². The summed E-state index contributed by atoms with van der Waals surface area (Å²) in [5.74, 6) is 0.551.